The Morgan fingerprint density at radius 3 is 2.75 bits per heavy atom. The molecule has 0 saturated heterocycles. The first-order chi connectivity index (χ1) is 15.8. The average molecular weight is 423 g/mol. The van der Waals surface area contributed by atoms with Gasteiger partial charge in [0.1, 0.15) is 11.5 Å². The fraction of sp³-hybridized carbons (Fsp3) is 0.0769. The summed E-state index contributed by atoms with van der Waals surface area (Å²) in [6.45, 7) is 0.731. The highest BCUT2D eigenvalue weighted by molar-refractivity contribution is 6.32. The summed E-state index contributed by atoms with van der Waals surface area (Å²) in [5.41, 5.74) is 5.62. The van der Waals surface area contributed by atoms with E-state index < -0.39 is 0 Å². The number of imidazole rings is 1. The molecule has 0 radical (unpaired) electrons. The second kappa shape index (κ2) is 7.50. The summed E-state index contributed by atoms with van der Waals surface area (Å²) in [5, 5.41) is 0. The summed E-state index contributed by atoms with van der Waals surface area (Å²) in [7, 11) is 0. The van der Waals surface area contributed by atoms with Crippen LogP contribution in [0.4, 0.5) is 4.39 Å². The Morgan fingerprint density at radius 1 is 0.938 bits per heavy atom. The smallest absolute Gasteiger partial charge is 0.231 e. The van der Waals surface area contributed by atoms with E-state index in [0.717, 1.165) is 39.5 Å². The molecule has 0 spiro atoms. The first-order valence-electron chi connectivity index (χ1n) is 10.3. The van der Waals surface area contributed by atoms with Crippen LogP contribution in [0.25, 0.3) is 22.5 Å². The molecule has 2 aromatic carbocycles. The second-order valence-corrected chi connectivity index (χ2v) is 7.54. The third kappa shape index (κ3) is 3.08. The molecule has 0 saturated carbocycles. The molecule has 4 aromatic rings. The Kier molecular flexibility index (Phi) is 4.35. The summed E-state index contributed by atoms with van der Waals surface area (Å²) in [4.78, 5) is 9.22. The van der Waals surface area contributed by atoms with Crippen molar-refractivity contribution < 1.29 is 13.9 Å². The Hall–Kier alpha value is -4.19. The molecule has 2 aliphatic heterocycles. The molecule has 6 heteroatoms. The predicted molar refractivity (Wildman–Crippen MR) is 122 cm³/mol. The van der Waals surface area contributed by atoms with Gasteiger partial charge >= 0.3 is 0 Å². The lowest BCUT2D eigenvalue weighted by molar-refractivity contribution is 0.174. The minimum absolute atomic E-state index is 0.232. The molecule has 2 aliphatic rings. The SMILES string of the molecule is Fc1ccccc1C1=NCC=CC=C1c1ccc2ncc(-c3ccc4c(c3)OCO4)n2c1. The van der Waals surface area contributed by atoms with Gasteiger partial charge in [0, 0.05) is 28.5 Å². The van der Waals surface area contributed by atoms with Crippen molar-refractivity contribution in [2.45, 2.75) is 0 Å². The molecular formula is C26H18FN3O2. The number of aliphatic imine (C=N–C) groups is 1. The lowest BCUT2D eigenvalue weighted by Crippen LogP contribution is -2.08. The number of ether oxygens (including phenoxy) is 2. The summed E-state index contributed by atoms with van der Waals surface area (Å²) < 4.78 is 27.6. The van der Waals surface area contributed by atoms with E-state index in [2.05, 4.69) is 9.98 Å². The Labute approximate surface area is 183 Å². The highest BCUT2D eigenvalue weighted by Crippen LogP contribution is 2.36. The minimum Gasteiger partial charge on any atom is -0.454 e. The number of rotatable bonds is 3. The van der Waals surface area contributed by atoms with E-state index in [1.165, 1.54) is 6.07 Å². The maximum absolute atomic E-state index is 14.6. The normalized spacial score (nSPS) is 14.9. The van der Waals surface area contributed by atoms with Crippen LogP contribution in [0, 0.1) is 5.82 Å². The molecule has 32 heavy (non-hydrogen) atoms. The van der Waals surface area contributed by atoms with Crippen LogP contribution < -0.4 is 9.47 Å². The van der Waals surface area contributed by atoms with Gasteiger partial charge in [-0.3, -0.25) is 9.39 Å². The standard InChI is InChI=1S/C26H18FN3O2/c27-21-7-2-1-6-20(21)26-19(5-3-4-12-28-26)18-9-11-25-29-14-22(30(25)15-18)17-8-10-23-24(13-17)32-16-31-23/h1-11,13-15H,12,16H2. The van der Waals surface area contributed by atoms with Crippen molar-refractivity contribution in [2.75, 3.05) is 13.3 Å². The third-order valence-electron chi connectivity index (χ3n) is 5.62. The maximum atomic E-state index is 14.6. The van der Waals surface area contributed by atoms with Crippen LogP contribution in [-0.2, 0) is 0 Å². The quantitative estimate of drug-likeness (QED) is 0.449. The number of benzene rings is 2. The molecule has 2 aromatic heterocycles. The van der Waals surface area contributed by atoms with E-state index in [9.17, 15) is 4.39 Å². The summed E-state index contributed by atoms with van der Waals surface area (Å²) >= 11 is 0. The predicted octanol–water partition coefficient (Wildman–Crippen LogP) is 5.31. The van der Waals surface area contributed by atoms with Crippen LogP contribution >= 0.6 is 0 Å². The number of fused-ring (bicyclic) bond motifs is 2. The van der Waals surface area contributed by atoms with E-state index >= 15 is 0 Å². The maximum Gasteiger partial charge on any atom is 0.231 e. The van der Waals surface area contributed by atoms with Crippen LogP contribution in [0.1, 0.15) is 11.1 Å². The van der Waals surface area contributed by atoms with Crippen LogP contribution in [0.15, 0.2) is 90.2 Å². The van der Waals surface area contributed by atoms with E-state index in [0.29, 0.717) is 17.8 Å². The number of aromatic nitrogens is 2. The monoisotopic (exact) mass is 423 g/mol. The molecule has 156 valence electrons. The van der Waals surface area contributed by atoms with Crippen LogP contribution in [-0.4, -0.2) is 28.4 Å². The van der Waals surface area contributed by atoms with Crippen molar-refractivity contribution in [2.24, 2.45) is 4.99 Å². The van der Waals surface area contributed by atoms with Crippen molar-refractivity contribution in [3.63, 3.8) is 0 Å². The first-order valence-corrected chi connectivity index (χ1v) is 10.3. The minimum atomic E-state index is -0.288. The highest BCUT2D eigenvalue weighted by Gasteiger charge is 2.19. The molecule has 5 nitrogen and oxygen atoms in total. The topological polar surface area (TPSA) is 48.1 Å². The van der Waals surface area contributed by atoms with Crippen LogP contribution in [0.3, 0.4) is 0 Å². The zero-order valence-electron chi connectivity index (χ0n) is 17.0. The molecule has 0 bridgehead atoms. The lowest BCUT2D eigenvalue weighted by Gasteiger charge is -2.13. The van der Waals surface area contributed by atoms with Gasteiger partial charge in [0.2, 0.25) is 6.79 Å². The Balaban J connectivity index is 1.48. The van der Waals surface area contributed by atoms with Gasteiger partial charge < -0.3 is 9.47 Å². The molecule has 0 aliphatic carbocycles. The number of hydrogen-bond donors (Lipinski definition) is 0. The summed E-state index contributed by atoms with van der Waals surface area (Å²) in [5.74, 6) is 1.17. The van der Waals surface area contributed by atoms with Gasteiger partial charge in [-0.25, -0.2) is 9.37 Å². The zero-order valence-corrected chi connectivity index (χ0v) is 17.0. The van der Waals surface area contributed by atoms with Crippen LogP contribution in [0.2, 0.25) is 0 Å². The number of pyridine rings is 1. The molecule has 4 heterocycles. The fourth-order valence-electron chi connectivity index (χ4n) is 4.06. The van der Waals surface area contributed by atoms with Gasteiger partial charge in [0.05, 0.1) is 24.1 Å². The third-order valence-corrected chi connectivity index (χ3v) is 5.62. The van der Waals surface area contributed by atoms with Crippen molar-refractivity contribution in [1.29, 1.82) is 0 Å². The largest absolute Gasteiger partial charge is 0.454 e. The van der Waals surface area contributed by atoms with Gasteiger partial charge in [-0.15, -0.1) is 0 Å². The fourth-order valence-corrected chi connectivity index (χ4v) is 4.06. The van der Waals surface area contributed by atoms with Crippen molar-refractivity contribution in [1.82, 2.24) is 9.38 Å². The Bertz CT molecular complexity index is 1450. The number of hydrogen-bond acceptors (Lipinski definition) is 4. The lowest BCUT2D eigenvalue weighted by atomic mass is 9.96. The molecule has 0 fully saturated rings. The first kappa shape index (κ1) is 18.6. The molecule has 0 amide bonds. The van der Waals surface area contributed by atoms with E-state index in [4.69, 9.17) is 9.47 Å². The summed E-state index contributed by atoms with van der Waals surface area (Å²) in [6, 6.07) is 16.5. The summed E-state index contributed by atoms with van der Waals surface area (Å²) in [6.07, 6.45) is 9.76. The van der Waals surface area contributed by atoms with E-state index in [1.807, 2.05) is 71.4 Å². The Morgan fingerprint density at radius 2 is 1.81 bits per heavy atom. The molecule has 0 unspecified atom stereocenters. The van der Waals surface area contributed by atoms with Crippen molar-refractivity contribution >= 4 is 16.9 Å². The zero-order chi connectivity index (χ0) is 21.5. The van der Waals surface area contributed by atoms with Crippen LogP contribution in [0.5, 0.6) is 11.5 Å². The molecule has 0 atom stereocenters. The molecule has 0 N–H and O–H groups in total. The second-order valence-electron chi connectivity index (χ2n) is 7.54. The average Bonchev–Trinajstić information content (AvgIpc) is 3.39. The van der Waals surface area contributed by atoms with Gasteiger partial charge in [0.25, 0.3) is 0 Å². The number of halogens is 1. The van der Waals surface area contributed by atoms with E-state index in [1.54, 1.807) is 12.1 Å². The van der Waals surface area contributed by atoms with Crippen molar-refractivity contribution in [3.05, 3.63) is 102 Å². The highest BCUT2D eigenvalue weighted by atomic mass is 19.1. The number of nitrogens with zero attached hydrogens (tertiary/aromatic N) is 3. The van der Waals surface area contributed by atoms with Gasteiger partial charge in [0.15, 0.2) is 11.5 Å². The van der Waals surface area contributed by atoms with Crippen molar-refractivity contribution in [3.8, 4) is 22.8 Å². The number of allylic oxidation sites excluding steroid dienone is 3. The molecular weight excluding hydrogens is 405 g/mol. The van der Waals surface area contributed by atoms with Gasteiger partial charge in [-0.2, -0.15) is 0 Å². The van der Waals surface area contributed by atoms with E-state index in [-0.39, 0.29) is 12.6 Å². The molecule has 6 rings (SSSR count). The van der Waals surface area contributed by atoms with Gasteiger partial charge in [-0.1, -0.05) is 30.4 Å². The van der Waals surface area contributed by atoms with Gasteiger partial charge in [-0.05, 0) is 42.5 Å².